The van der Waals surface area contributed by atoms with Gasteiger partial charge in [-0.1, -0.05) is 20.8 Å². The normalized spacial score (nSPS) is 11.8. The molecule has 0 saturated carbocycles. The van der Waals surface area contributed by atoms with Crippen LogP contribution in [0, 0.1) is 6.92 Å². The molecule has 0 aliphatic carbocycles. The Hall–Kier alpha value is -0.990. The van der Waals surface area contributed by atoms with E-state index >= 15 is 0 Å². The summed E-state index contributed by atoms with van der Waals surface area (Å²) in [6.07, 6.45) is 0. The van der Waals surface area contributed by atoms with Crippen LogP contribution in [-0.4, -0.2) is 11.6 Å². The van der Waals surface area contributed by atoms with E-state index in [1.807, 2.05) is 13.8 Å². The lowest BCUT2D eigenvalue weighted by Gasteiger charge is -2.11. The van der Waals surface area contributed by atoms with Gasteiger partial charge in [-0.15, -0.1) is 0 Å². The van der Waals surface area contributed by atoms with Crippen LogP contribution in [-0.2, 0) is 5.41 Å². The molecule has 0 aliphatic heterocycles. The van der Waals surface area contributed by atoms with Crippen LogP contribution in [0.2, 0.25) is 0 Å². The highest BCUT2D eigenvalue weighted by atomic mass is 16.6. The zero-order chi connectivity index (χ0) is 10.1. The fourth-order valence-corrected chi connectivity index (χ4v) is 0.968. The van der Waals surface area contributed by atoms with E-state index < -0.39 is 0 Å². The smallest absolute Gasteiger partial charge is 0.308 e. The molecular formula is C10H17NO2. The molecule has 0 saturated heterocycles. The summed E-state index contributed by atoms with van der Waals surface area (Å²) >= 11 is 0. The predicted molar refractivity (Wildman–Crippen MR) is 51.1 cm³/mol. The average Bonchev–Trinajstić information content (AvgIpc) is 2.32. The molecule has 13 heavy (non-hydrogen) atoms. The number of nitrogens with zero attached hydrogens (tertiary/aromatic N) is 1. The van der Waals surface area contributed by atoms with Crippen molar-refractivity contribution in [2.75, 3.05) is 6.61 Å². The lowest BCUT2D eigenvalue weighted by atomic mass is 9.97. The number of oxazole rings is 1. The van der Waals surface area contributed by atoms with Crippen molar-refractivity contribution in [3.63, 3.8) is 0 Å². The first-order valence-corrected chi connectivity index (χ1v) is 4.56. The summed E-state index contributed by atoms with van der Waals surface area (Å²) in [6, 6.07) is 0. The van der Waals surface area contributed by atoms with E-state index in [1.54, 1.807) is 0 Å². The molecule has 3 nitrogen and oxygen atoms in total. The Bertz CT molecular complexity index is 284. The van der Waals surface area contributed by atoms with Crippen molar-refractivity contribution in [2.45, 2.75) is 40.0 Å². The number of hydrogen-bond acceptors (Lipinski definition) is 3. The minimum Gasteiger partial charge on any atom is -0.464 e. The van der Waals surface area contributed by atoms with Crippen molar-refractivity contribution < 1.29 is 9.15 Å². The first kappa shape index (κ1) is 10.1. The highest BCUT2D eigenvalue weighted by molar-refractivity contribution is 5.16. The summed E-state index contributed by atoms with van der Waals surface area (Å²) < 4.78 is 10.8. The number of ether oxygens (including phenoxy) is 1. The van der Waals surface area contributed by atoms with Gasteiger partial charge in [0, 0.05) is 5.41 Å². The Balaban J connectivity index is 2.95. The van der Waals surface area contributed by atoms with Crippen LogP contribution in [0.15, 0.2) is 4.42 Å². The molecule has 0 aromatic carbocycles. The quantitative estimate of drug-likeness (QED) is 0.707. The first-order chi connectivity index (χ1) is 5.95. The van der Waals surface area contributed by atoms with Gasteiger partial charge in [0.25, 0.3) is 0 Å². The second kappa shape index (κ2) is 3.40. The second-order valence-electron chi connectivity index (χ2n) is 4.07. The van der Waals surface area contributed by atoms with Crippen molar-refractivity contribution in [2.24, 2.45) is 0 Å². The Kier molecular flexibility index (Phi) is 2.64. The molecule has 0 spiro atoms. The molecule has 0 unspecified atom stereocenters. The maximum Gasteiger partial charge on any atom is 0.308 e. The molecule has 0 amide bonds. The van der Waals surface area contributed by atoms with Gasteiger partial charge >= 0.3 is 5.95 Å². The van der Waals surface area contributed by atoms with E-state index in [2.05, 4.69) is 25.8 Å². The van der Waals surface area contributed by atoms with Crippen molar-refractivity contribution >= 4 is 0 Å². The van der Waals surface area contributed by atoms with E-state index in [9.17, 15) is 0 Å². The Morgan fingerprint density at radius 2 is 2.00 bits per heavy atom. The van der Waals surface area contributed by atoms with E-state index in [-0.39, 0.29) is 5.41 Å². The molecule has 0 fully saturated rings. The van der Waals surface area contributed by atoms with E-state index in [0.29, 0.717) is 12.6 Å². The van der Waals surface area contributed by atoms with Crippen molar-refractivity contribution in [1.29, 1.82) is 0 Å². The molecule has 0 atom stereocenters. The Morgan fingerprint density at radius 3 is 2.38 bits per heavy atom. The maximum atomic E-state index is 5.49. The highest BCUT2D eigenvalue weighted by Crippen LogP contribution is 2.27. The highest BCUT2D eigenvalue weighted by Gasteiger charge is 2.22. The molecule has 0 aliphatic rings. The van der Waals surface area contributed by atoms with Gasteiger partial charge in [0.15, 0.2) is 0 Å². The predicted octanol–water partition coefficient (Wildman–Crippen LogP) is 2.68. The first-order valence-electron chi connectivity index (χ1n) is 4.56. The maximum absolute atomic E-state index is 5.49. The molecule has 0 N–H and O–H groups in total. The van der Waals surface area contributed by atoms with Crippen LogP contribution in [0.25, 0.3) is 0 Å². The minimum absolute atomic E-state index is 0.0554. The molecule has 74 valence electrons. The van der Waals surface area contributed by atoms with Crippen LogP contribution in [0.1, 0.15) is 39.3 Å². The second-order valence-corrected chi connectivity index (χ2v) is 4.07. The van der Waals surface area contributed by atoms with Crippen molar-refractivity contribution in [1.82, 2.24) is 4.98 Å². The lowest BCUT2D eigenvalue weighted by Crippen LogP contribution is -2.11. The van der Waals surface area contributed by atoms with Crippen molar-refractivity contribution in [3.8, 4) is 5.95 Å². The SMILES string of the molecule is CCOc1oc(C(C)(C)C)nc1C. The van der Waals surface area contributed by atoms with Crippen LogP contribution < -0.4 is 4.74 Å². The third kappa shape index (κ3) is 2.23. The van der Waals surface area contributed by atoms with Gasteiger partial charge in [-0.25, -0.2) is 4.98 Å². The van der Waals surface area contributed by atoms with Gasteiger partial charge in [0.05, 0.1) is 6.61 Å². The molecule has 1 aromatic heterocycles. The summed E-state index contributed by atoms with van der Waals surface area (Å²) in [6.45, 7) is 10.6. The van der Waals surface area contributed by atoms with E-state index in [1.165, 1.54) is 0 Å². The summed E-state index contributed by atoms with van der Waals surface area (Å²) in [4.78, 5) is 4.31. The third-order valence-corrected chi connectivity index (χ3v) is 1.67. The van der Waals surface area contributed by atoms with Gasteiger partial charge in [-0.3, -0.25) is 0 Å². The van der Waals surface area contributed by atoms with Gasteiger partial charge in [0.1, 0.15) is 5.69 Å². The average molecular weight is 183 g/mol. The zero-order valence-corrected chi connectivity index (χ0v) is 8.97. The van der Waals surface area contributed by atoms with Crippen molar-refractivity contribution in [3.05, 3.63) is 11.6 Å². The van der Waals surface area contributed by atoms with Crippen LogP contribution >= 0.6 is 0 Å². The Labute approximate surface area is 79.1 Å². The van der Waals surface area contributed by atoms with Crippen LogP contribution in [0.5, 0.6) is 5.95 Å². The topological polar surface area (TPSA) is 35.3 Å². The minimum atomic E-state index is -0.0554. The van der Waals surface area contributed by atoms with Gasteiger partial charge in [0.2, 0.25) is 5.89 Å². The number of aryl methyl sites for hydroxylation is 1. The van der Waals surface area contributed by atoms with Crippen LogP contribution in [0.3, 0.4) is 0 Å². The standard InChI is InChI=1S/C10H17NO2/c1-6-12-8-7(2)11-9(13-8)10(3,4)5/h6H2,1-5H3. The van der Waals surface area contributed by atoms with Gasteiger partial charge in [-0.2, -0.15) is 0 Å². The largest absolute Gasteiger partial charge is 0.464 e. The number of aromatic nitrogens is 1. The Morgan fingerprint density at radius 1 is 1.38 bits per heavy atom. The summed E-state index contributed by atoms with van der Waals surface area (Å²) in [7, 11) is 0. The number of rotatable bonds is 2. The fourth-order valence-electron chi connectivity index (χ4n) is 0.968. The summed E-state index contributed by atoms with van der Waals surface area (Å²) in [5.41, 5.74) is 0.770. The molecular weight excluding hydrogens is 166 g/mol. The zero-order valence-electron chi connectivity index (χ0n) is 8.97. The summed E-state index contributed by atoms with van der Waals surface area (Å²) in [5.74, 6) is 1.28. The molecule has 1 rings (SSSR count). The monoisotopic (exact) mass is 183 g/mol. The molecule has 1 aromatic rings. The molecule has 3 heteroatoms. The van der Waals surface area contributed by atoms with E-state index in [4.69, 9.17) is 9.15 Å². The third-order valence-electron chi connectivity index (χ3n) is 1.67. The lowest BCUT2D eigenvalue weighted by molar-refractivity contribution is 0.236. The fraction of sp³-hybridized carbons (Fsp3) is 0.700. The number of hydrogen-bond donors (Lipinski definition) is 0. The molecule has 0 radical (unpaired) electrons. The van der Waals surface area contributed by atoms with Crippen LogP contribution in [0.4, 0.5) is 0 Å². The molecule has 0 bridgehead atoms. The summed E-state index contributed by atoms with van der Waals surface area (Å²) in [5, 5.41) is 0. The molecule has 1 heterocycles. The van der Waals surface area contributed by atoms with Gasteiger partial charge in [-0.05, 0) is 13.8 Å². The van der Waals surface area contributed by atoms with Gasteiger partial charge < -0.3 is 9.15 Å². The van der Waals surface area contributed by atoms with E-state index in [0.717, 1.165) is 11.6 Å².